The maximum Gasteiger partial charge on any atom is 0.141 e. The summed E-state index contributed by atoms with van der Waals surface area (Å²) in [6.07, 6.45) is 3.51. The zero-order valence-electron chi connectivity index (χ0n) is 12.3. The Kier molecular flexibility index (Phi) is 2.86. The smallest absolute Gasteiger partial charge is 0.141 e. The van der Waals surface area contributed by atoms with Crippen LogP contribution in [-0.2, 0) is 5.54 Å². The Labute approximate surface area is 123 Å². The van der Waals surface area contributed by atoms with Gasteiger partial charge in [0.25, 0.3) is 0 Å². The number of anilines is 1. The van der Waals surface area contributed by atoms with Crippen molar-refractivity contribution in [2.75, 3.05) is 5.73 Å². The van der Waals surface area contributed by atoms with Crippen LogP contribution in [0.2, 0.25) is 0 Å². The van der Waals surface area contributed by atoms with E-state index >= 15 is 0 Å². The molecule has 0 aliphatic rings. The van der Waals surface area contributed by atoms with E-state index in [9.17, 15) is 5.11 Å². The molecule has 0 atom stereocenters. The van der Waals surface area contributed by atoms with Gasteiger partial charge in [-0.1, -0.05) is 0 Å². The van der Waals surface area contributed by atoms with Crippen LogP contribution in [0.5, 0.6) is 5.75 Å². The molecule has 0 spiro atoms. The first kappa shape index (κ1) is 13.4. The van der Waals surface area contributed by atoms with Gasteiger partial charge in [0.1, 0.15) is 17.1 Å². The average Bonchev–Trinajstić information content (AvgIpc) is 2.81. The van der Waals surface area contributed by atoms with Crippen molar-refractivity contribution in [3.05, 3.63) is 36.7 Å². The van der Waals surface area contributed by atoms with Crippen LogP contribution in [0.1, 0.15) is 20.8 Å². The predicted octanol–water partition coefficient (Wildman–Crippen LogP) is 3.14. The molecular formula is C16H18N4O. The summed E-state index contributed by atoms with van der Waals surface area (Å²) in [6, 6.07) is 7.15. The van der Waals surface area contributed by atoms with Crippen molar-refractivity contribution in [1.82, 2.24) is 14.5 Å². The van der Waals surface area contributed by atoms with Gasteiger partial charge in [-0.2, -0.15) is 0 Å². The zero-order valence-corrected chi connectivity index (χ0v) is 12.3. The van der Waals surface area contributed by atoms with Gasteiger partial charge in [0, 0.05) is 17.3 Å². The van der Waals surface area contributed by atoms with E-state index in [0.29, 0.717) is 5.69 Å². The second-order valence-electron chi connectivity index (χ2n) is 6.08. The van der Waals surface area contributed by atoms with E-state index in [-0.39, 0.29) is 11.3 Å². The third kappa shape index (κ3) is 2.20. The van der Waals surface area contributed by atoms with Crippen molar-refractivity contribution in [3.8, 4) is 17.1 Å². The number of phenols is 1. The third-order valence-electron chi connectivity index (χ3n) is 3.42. The molecule has 2 aromatic heterocycles. The number of rotatable bonds is 1. The minimum Gasteiger partial charge on any atom is -0.506 e. The largest absolute Gasteiger partial charge is 0.506 e. The molecule has 0 amide bonds. The van der Waals surface area contributed by atoms with E-state index in [2.05, 4.69) is 35.3 Å². The minimum atomic E-state index is -0.150. The van der Waals surface area contributed by atoms with Crippen molar-refractivity contribution in [3.63, 3.8) is 0 Å². The number of fused-ring (bicyclic) bond motifs is 1. The fraction of sp³-hybridized carbons (Fsp3) is 0.250. The Morgan fingerprint density at radius 2 is 1.95 bits per heavy atom. The molecule has 21 heavy (non-hydrogen) atoms. The number of aromatic nitrogens is 3. The second-order valence-corrected chi connectivity index (χ2v) is 6.08. The highest BCUT2D eigenvalue weighted by Crippen LogP contribution is 2.33. The normalized spacial score (nSPS) is 12.0. The SMILES string of the molecule is CC(C)(C)n1c(-c2ccc(N)c(O)c2)nc2cnccc21. The fourth-order valence-electron chi connectivity index (χ4n) is 2.49. The third-order valence-corrected chi connectivity index (χ3v) is 3.42. The lowest BCUT2D eigenvalue weighted by Gasteiger charge is -2.24. The molecular weight excluding hydrogens is 264 g/mol. The Balaban J connectivity index is 2.33. The van der Waals surface area contributed by atoms with Gasteiger partial charge in [-0.05, 0) is 45.0 Å². The summed E-state index contributed by atoms with van der Waals surface area (Å²) in [7, 11) is 0. The molecule has 0 aliphatic carbocycles. The van der Waals surface area contributed by atoms with Gasteiger partial charge in [-0.3, -0.25) is 4.98 Å². The molecule has 0 unspecified atom stereocenters. The van der Waals surface area contributed by atoms with Crippen LogP contribution < -0.4 is 5.73 Å². The molecule has 2 heterocycles. The predicted molar refractivity (Wildman–Crippen MR) is 84.0 cm³/mol. The van der Waals surface area contributed by atoms with Crippen molar-refractivity contribution >= 4 is 16.7 Å². The molecule has 3 rings (SSSR count). The Hall–Kier alpha value is -2.56. The van der Waals surface area contributed by atoms with Crippen molar-refractivity contribution in [2.24, 2.45) is 0 Å². The number of pyridine rings is 1. The highest BCUT2D eigenvalue weighted by Gasteiger charge is 2.22. The van der Waals surface area contributed by atoms with Gasteiger partial charge in [0.15, 0.2) is 0 Å². The van der Waals surface area contributed by atoms with E-state index in [1.807, 2.05) is 12.1 Å². The van der Waals surface area contributed by atoms with Crippen molar-refractivity contribution in [1.29, 1.82) is 0 Å². The van der Waals surface area contributed by atoms with E-state index in [1.54, 1.807) is 24.5 Å². The van der Waals surface area contributed by atoms with E-state index in [0.717, 1.165) is 22.4 Å². The van der Waals surface area contributed by atoms with Crippen molar-refractivity contribution in [2.45, 2.75) is 26.3 Å². The van der Waals surface area contributed by atoms with Gasteiger partial charge < -0.3 is 15.4 Å². The maximum atomic E-state index is 9.86. The summed E-state index contributed by atoms with van der Waals surface area (Å²) in [5, 5.41) is 9.86. The number of benzene rings is 1. The summed E-state index contributed by atoms with van der Waals surface area (Å²) in [4.78, 5) is 8.80. The number of imidazole rings is 1. The van der Waals surface area contributed by atoms with Gasteiger partial charge in [-0.25, -0.2) is 4.98 Å². The standard InChI is InChI=1S/C16H18N4O/c1-16(2,3)20-13-6-7-18-9-12(13)19-15(20)10-4-5-11(17)14(21)8-10/h4-9,21H,17H2,1-3H3. The van der Waals surface area contributed by atoms with Crippen LogP contribution in [0, 0.1) is 0 Å². The van der Waals surface area contributed by atoms with E-state index in [1.165, 1.54) is 0 Å². The lowest BCUT2D eigenvalue weighted by atomic mass is 10.1. The molecule has 1 aromatic carbocycles. The van der Waals surface area contributed by atoms with Crippen LogP contribution in [-0.4, -0.2) is 19.6 Å². The molecule has 0 saturated carbocycles. The second kappa shape index (κ2) is 4.48. The molecule has 0 radical (unpaired) electrons. The molecule has 5 heteroatoms. The Bertz CT molecular complexity index is 815. The van der Waals surface area contributed by atoms with Crippen LogP contribution in [0.3, 0.4) is 0 Å². The lowest BCUT2D eigenvalue weighted by molar-refractivity contribution is 0.413. The van der Waals surface area contributed by atoms with Crippen LogP contribution in [0.15, 0.2) is 36.7 Å². The highest BCUT2D eigenvalue weighted by molar-refractivity contribution is 5.81. The molecule has 0 fully saturated rings. The Morgan fingerprint density at radius 1 is 1.19 bits per heavy atom. The number of phenolic OH excluding ortho intramolecular Hbond substituents is 1. The number of nitrogens with two attached hydrogens (primary N) is 1. The van der Waals surface area contributed by atoms with Gasteiger partial charge in [0.05, 0.1) is 17.4 Å². The fourth-order valence-corrected chi connectivity index (χ4v) is 2.49. The highest BCUT2D eigenvalue weighted by atomic mass is 16.3. The zero-order chi connectivity index (χ0) is 15.2. The summed E-state index contributed by atoms with van der Waals surface area (Å²) in [5.74, 6) is 0.860. The number of nitrogens with zero attached hydrogens (tertiary/aromatic N) is 3. The van der Waals surface area contributed by atoms with Crippen molar-refractivity contribution < 1.29 is 5.11 Å². The van der Waals surface area contributed by atoms with Gasteiger partial charge in [-0.15, -0.1) is 0 Å². The first-order valence-corrected chi connectivity index (χ1v) is 6.80. The number of hydrogen-bond acceptors (Lipinski definition) is 4. The molecule has 0 aliphatic heterocycles. The molecule has 108 valence electrons. The number of aromatic hydroxyl groups is 1. The first-order chi connectivity index (χ1) is 9.88. The van der Waals surface area contributed by atoms with Crippen LogP contribution in [0.4, 0.5) is 5.69 Å². The number of hydrogen-bond donors (Lipinski definition) is 2. The van der Waals surface area contributed by atoms with Gasteiger partial charge in [0.2, 0.25) is 0 Å². The summed E-state index contributed by atoms with van der Waals surface area (Å²) in [5.41, 5.74) is 8.56. The van der Waals surface area contributed by atoms with E-state index in [4.69, 9.17) is 5.73 Å². The maximum absolute atomic E-state index is 9.86. The quantitative estimate of drug-likeness (QED) is 0.531. The van der Waals surface area contributed by atoms with Gasteiger partial charge >= 0.3 is 0 Å². The molecule has 3 N–H and O–H groups in total. The summed E-state index contributed by atoms with van der Waals surface area (Å²) >= 11 is 0. The lowest BCUT2D eigenvalue weighted by Crippen LogP contribution is -2.22. The van der Waals surface area contributed by atoms with Crippen LogP contribution in [0.25, 0.3) is 22.4 Å². The van der Waals surface area contributed by atoms with E-state index < -0.39 is 0 Å². The summed E-state index contributed by atoms with van der Waals surface area (Å²) < 4.78 is 2.15. The topological polar surface area (TPSA) is 77.0 Å². The summed E-state index contributed by atoms with van der Waals surface area (Å²) in [6.45, 7) is 6.36. The monoisotopic (exact) mass is 282 g/mol. The van der Waals surface area contributed by atoms with Crippen LogP contribution >= 0.6 is 0 Å². The average molecular weight is 282 g/mol. The minimum absolute atomic E-state index is 0.0677. The molecule has 3 aromatic rings. The molecule has 0 bridgehead atoms. The first-order valence-electron chi connectivity index (χ1n) is 6.80. The Morgan fingerprint density at radius 3 is 2.62 bits per heavy atom. The molecule has 0 saturated heterocycles. The molecule has 5 nitrogen and oxygen atoms in total. The number of nitrogen functional groups attached to an aromatic ring is 1.